The number of rotatable bonds is 1. The van der Waals surface area contributed by atoms with Crippen molar-refractivity contribution in [1.82, 2.24) is 9.97 Å². The fourth-order valence-electron chi connectivity index (χ4n) is 0.887. The third kappa shape index (κ3) is 1.33. The van der Waals surface area contributed by atoms with Crippen LogP contribution < -0.4 is 0 Å². The average Bonchev–Trinajstić information content (AvgIpc) is 2.46. The summed E-state index contributed by atoms with van der Waals surface area (Å²) in [5.41, 5.74) is 0.506. The van der Waals surface area contributed by atoms with Gasteiger partial charge in [0.15, 0.2) is 11.2 Å². The fraction of sp³-hybridized carbons (Fsp3) is 0. The van der Waals surface area contributed by atoms with Gasteiger partial charge >= 0.3 is 11.9 Å². The zero-order valence-corrected chi connectivity index (χ0v) is 6.95. The van der Waals surface area contributed by atoms with E-state index < -0.39 is 5.97 Å². The van der Waals surface area contributed by atoms with Crippen LogP contribution in [0.25, 0.3) is 11.2 Å². The molecule has 2 heterocycles. The number of oxazole rings is 1. The molecule has 0 aliphatic carbocycles. The summed E-state index contributed by atoms with van der Waals surface area (Å²) in [7, 11) is 0. The number of hydrogen-bond acceptors (Lipinski definition) is 4. The Morgan fingerprint density at radius 3 is 3.08 bits per heavy atom. The van der Waals surface area contributed by atoms with Gasteiger partial charge in [-0.05, 0) is 0 Å². The summed E-state index contributed by atoms with van der Waals surface area (Å²) in [6, 6.07) is 1.46. The molecule has 2 aromatic rings. The Morgan fingerprint density at radius 2 is 2.38 bits per heavy atom. The summed E-state index contributed by atoms with van der Waals surface area (Å²) >= 11 is 5.61. The molecule has 0 aliphatic heterocycles. The third-order valence-electron chi connectivity index (χ3n) is 1.40. The number of aromatic nitrogens is 2. The Labute approximate surface area is 77.0 Å². The molecule has 0 radical (unpaired) electrons. The van der Waals surface area contributed by atoms with Crippen molar-refractivity contribution in [2.24, 2.45) is 0 Å². The minimum Gasteiger partial charge on any atom is -0.474 e. The fourth-order valence-corrected chi connectivity index (χ4v) is 1.04. The molecule has 1 N–H and O–H groups in total. The van der Waals surface area contributed by atoms with Crippen LogP contribution in [0, 0.1) is 0 Å². The van der Waals surface area contributed by atoms with Gasteiger partial charge in [-0.15, -0.1) is 0 Å². The van der Waals surface area contributed by atoms with Gasteiger partial charge in [0.25, 0.3) is 0 Å². The largest absolute Gasteiger partial charge is 0.474 e. The van der Waals surface area contributed by atoms with Crippen LogP contribution in [0.5, 0.6) is 0 Å². The van der Waals surface area contributed by atoms with Gasteiger partial charge in [-0.2, -0.15) is 4.98 Å². The zero-order chi connectivity index (χ0) is 9.42. The van der Waals surface area contributed by atoms with Gasteiger partial charge < -0.3 is 9.52 Å². The van der Waals surface area contributed by atoms with Crippen molar-refractivity contribution >= 4 is 28.8 Å². The van der Waals surface area contributed by atoms with Gasteiger partial charge in [-0.1, -0.05) is 11.6 Å². The summed E-state index contributed by atoms with van der Waals surface area (Å²) in [5, 5.41) is 8.91. The van der Waals surface area contributed by atoms with E-state index in [1.165, 1.54) is 12.3 Å². The number of aromatic carboxylic acids is 1. The van der Waals surface area contributed by atoms with Gasteiger partial charge in [0, 0.05) is 12.3 Å². The number of pyridine rings is 1. The first kappa shape index (κ1) is 8.00. The molecule has 0 saturated carbocycles. The molecule has 0 aromatic carbocycles. The topological polar surface area (TPSA) is 76.2 Å². The van der Waals surface area contributed by atoms with Crippen molar-refractivity contribution in [3.05, 3.63) is 23.2 Å². The summed E-state index contributed by atoms with van der Waals surface area (Å²) in [6.07, 6.45) is 1.37. The Kier molecular flexibility index (Phi) is 1.66. The Hall–Kier alpha value is -1.62. The molecule has 66 valence electrons. The van der Waals surface area contributed by atoms with Crippen LogP contribution >= 0.6 is 11.6 Å². The SMILES string of the molecule is O=C(O)c1nc2ncc(Cl)cc2o1. The smallest absolute Gasteiger partial charge is 0.392 e. The van der Waals surface area contributed by atoms with E-state index in [1.54, 1.807) is 0 Å². The quantitative estimate of drug-likeness (QED) is 0.753. The van der Waals surface area contributed by atoms with Crippen molar-refractivity contribution in [1.29, 1.82) is 0 Å². The van der Waals surface area contributed by atoms with Gasteiger partial charge in [0.05, 0.1) is 5.02 Å². The lowest BCUT2D eigenvalue weighted by Crippen LogP contribution is -1.94. The second-order valence-electron chi connectivity index (χ2n) is 2.30. The number of halogens is 1. The molecule has 0 fully saturated rings. The van der Waals surface area contributed by atoms with Crippen LogP contribution in [0.15, 0.2) is 16.7 Å². The lowest BCUT2D eigenvalue weighted by atomic mass is 10.5. The van der Waals surface area contributed by atoms with E-state index in [1.807, 2.05) is 0 Å². The number of fused-ring (bicyclic) bond motifs is 1. The normalized spacial score (nSPS) is 10.5. The predicted octanol–water partition coefficient (Wildman–Crippen LogP) is 1.57. The summed E-state index contributed by atoms with van der Waals surface area (Å²) in [4.78, 5) is 17.8. The molecular formula is C7H3ClN2O3. The zero-order valence-electron chi connectivity index (χ0n) is 6.19. The summed E-state index contributed by atoms with van der Waals surface area (Å²) in [6.45, 7) is 0. The number of hydrogen-bond donors (Lipinski definition) is 1. The van der Waals surface area contributed by atoms with Gasteiger partial charge in [-0.25, -0.2) is 9.78 Å². The number of carboxylic acids is 1. The van der Waals surface area contributed by atoms with E-state index in [-0.39, 0.29) is 17.1 Å². The molecule has 0 unspecified atom stereocenters. The molecule has 0 amide bonds. The third-order valence-corrected chi connectivity index (χ3v) is 1.60. The van der Waals surface area contributed by atoms with Crippen molar-refractivity contribution in [3.63, 3.8) is 0 Å². The Morgan fingerprint density at radius 1 is 1.62 bits per heavy atom. The molecule has 2 rings (SSSR count). The lowest BCUT2D eigenvalue weighted by molar-refractivity contribution is 0.0656. The van der Waals surface area contributed by atoms with E-state index in [0.29, 0.717) is 5.02 Å². The molecule has 6 heteroatoms. The van der Waals surface area contributed by atoms with E-state index in [9.17, 15) is 4.79 Å². The molecule has 13 heavy (non-hydrogen) atoms. The maximum atomic E-state index is 10.4. The summed E-state index contributed by atoms with van der Waals surface area (Å²) in [5.74, 6) is -1.61. The molecule has 5 nitrogen and oxygen atoms in total. The van der Waals surface area contributed by atoms with Crippen LogP contribution in [0.4, 0.5) is 0 Å². The van der Waals surface area contributed by atoms with E-state index in [0.717, 1.165) is 0 Å². The molecule has 0 aliphatic rings. The standard InChI is InChI=1S/C7H3ClN2O3/c8-3-1-4-5(9-2-3)10-6(13-4)7(11)12/h1-2H,(H,11,12). The molecule has 2 aromatic heterocycles. The average molecular weight is 199 g/mol. The first-order valence-electron chi connectivity index (χ1n) is 3.32. The van der Waals surface area contributed by atoms with E-state index in [2.05, 4.69) is 9.97 Å². The van der Waals surface area contributed by atoms with Crippen LogP contribution in [0.3, 0.4) is 0 Å². The highest BCUT2D eigenvalue weighted by atomic mass is 35.5. The van der Waals surface area contributed by atoms with E-state index in [4.69, 9.17) is 21.1 Å². The predicted molar refractivity (Wildman–Crippen MR) is 43.8 cm³/mol. The maximum Gasteiger partial charge on any atom is 0.392 e. The number of carbonyl (C=O) groups is 1. The van der Waals surface area contributed by atoms with Crippen molar-refractivity contribution in [3.8, 4) is 0 Å². The molecule has 0 saturated heterocycles. The number of nitrogens with zero attached hydrogens (tertiary/aromatic N) is 2. The highest BCUT2D eigenvalue weighted by Gasteiger charge is 2.13. The second-order valence-corrected chi connectivity index (χ2v) is 2.74. The van der Waals surface area contributed by atoms with Crippen molar-refractivity contribution in [2.45, 2.75) is 0 Å². The molecular weight excluding hydrogens is 196 g/mol. The second kappa shape index (κ2) is 2.70. The van der Waals surface area contributed by atoms with Crippen LogP contribution in [0.1, 0.15) is 10.7 Å². The van der Waals surface area contributed by atoms with Crippen LogP contribution in [-0.2, 0) is 0 Å². The van der Waals surface area contributed by atoms with Gasteiger partial charge in [0.1, 0.15) is 0 Å². The first-order chi connectivity index (χ1) is 6.16. The van der Waals surface area contributed by atoms with Crippen LogP contribution in [-0.4, -0.2) is 21.0 Å². The minimum atomic E-state index is -1.23. The van der Waals surface area contributed by atoms with E-state index >= 15 is 0 Å². The molecule has 0 spiro atoms. The van der Waals surface area contributed by atoms with Gasteiger partial charge in [0.2, 0.25) is 0 Å². The summed E-state index contributed by atoms with van der Waals surface area (Å²) < 4.78 is 4.85. The highest BCUT2D eigenvalue weighted by Crippen LogP contribution is 2.17. The van der Waals surface area contributed by atoms with Crippen LogP contribution in [0.2, 0.25) is 5.02 Å². The number of carboxylic acid groups (broad SMARTS) is 1. The van der Waals surface area contributed by atoms with Gasteiger partial charge in [-0.3, -0.25) is 0 Å². The van der Waals surface area contributed by atoms with Crippen molar-refractivity contribution in [2.75, 3.05) is 0 Å². The van der Waals surface area contributed by atoms with Crippen molar-refractivity contribution < 1.29 is 14.3 Å². The monoisotopic (exact) mass is 198 g/mol. The molecule has 0 atom stereocenters. The molecule has 0 bridgehead atoms. The Balaban J connectivity index is 2.68. The highest BCUT2D eigenvalue weighted by molar-refractivity contribution is 6.30. The first-order valence-corrected chi connectivity index (χ1v) is 3.70. The minimum absolute atomic E-state index is 0.238. The Bertz CT molecular complexity index is 480. The maximum absolute atomic E-state index is 10.4. The lowest BCUT2D eigenvalue weighted by Gasteiger charge is -1.85.